The summed E-state index contributed by atoms with van der Waals surface area (Å²) in [5.41, 5.74) is 3.28. The molecule has 1 aliphatic heterocycles. The lowest BCUT2D eigenvalue weighted by Gasteiger charge is -2.29. The van der Waals surface area contributed by atoms with Crippen LogP contribution in [0.1, 0.15) is 53.4 Å². The van der Waals surface area contributed by atoms with E-state index in [4.69, 9.17) is 16.3 Å². The Morgan fingerprint density at radius 3 is 2.67 bits per heavy atom. The molecule has 1 aromatic carbocycles. The third-order valence-corrected chi connectivity index (χ3v) is 4.04. The summed E-state index contributed by atoms with van der Waals surface area (Å²) in [4.78, 5) is 23.8. The van der Waals surface area contributed by atoms with Gasteiger partial charge in [-0.2, -0.15) is 0 Å². The van der Waals surface area contributed by atoms with Crippen molar-refractivity contribution in [2.45, 2.75) is 45.5 Å². The average Bonchev–Trinajstić information content (AvgIpc) is 2.40. The van der Waals surface area contributed by atoms with Crippen molar-refractivity contribution in [1.29, 1.82) is 0 Å². The molecule has 1 amide bonds. The summed E-state index contributed by atoms with van der Waals surface area (Å²) in [6.07, 6.45) is 0.694. The van der Waals surface area contributed by atoms with Crippen molar-refractivity contribution in [3.8, 4) is 5.75 Å². The molecule has 21 heavy (non-hydrogen) atoms. The highest BCUT2D eigenvalue weighted by atomic mass is 35.5. The number of hydrogen-bond acceptors (Lipinski definition) is 3. The molecule has 0 fully saturated rings. The summed E-state index contributed by atoms with van der Waals surface area (Å²) in [7, 11) is 0. The highest BCUT2D eigenvalue weighted by Gasteiger charge is 2.30. The van der Waals surface area contributed by atoms with Gasteiger partial charge in [0.05, 0.1) is 23.6 Å². The zero-order chi connectivity index (χ0) is 15.7. The third kappa shape index (κ3) is 3.05. The number of ether oxygens (including phenoxy) is 1. The number of aryl methyl sites for hydroxylation is 1. The first-order valence-corrected chi connectivity index (χ1v) is 7.48. The van der Waals surface area contributed by atoms with Crippen molar-refractivity contribution >= 4 is 23.3 Å². The van der Waals surface area contributed by atoms with E-state index in [1.165, 1.54) is 6.92 Å². The Bertz CT molecular complexity index is 596. The first kappa shape index (κ1) is 15.8. The predicted octanol–water partition coefficient (Wildman–Crippen LogP) is 3.07. The molecule has 1 aromatic rings. The van der Waals surface area contributed by atoms with E-state index in [9.17, 15) is 9.59 Å². The molecule has 2 atom stereocenters. The van der Waals surface area contributed by atoms with E-state index < -0.39 is 5.38 Å². The van der Waals surface area contributed by atoms with E-state index in [0.29, 0.717) is 24.3 Å². The van der Waals surface area contributed by atoms with Gasteiger partial charge >= 0.3 is 0 Å². The molecule has 2 unspecified atom stereocenters. The molecule has 0 radical (unpaired) electrons. The van der Waals surface area contributed by atoms with Crippen molar-refractivity contribution < 1.29 is 14.3 Å². The number of fused-ring (bicyclic) bond motifs is 1. The number of hydrogen-bond donors (Lipinski definition) is 1. The minimum Gasteiger partial charge on any atom is -0.492 e. The van der Waals surface area contributed by atoms with Crippen LogP contribution in [0.3, 0.4) is 0 Å². The molecular formula is C16H20ClNO3. The van der Waals surface area contributed by atoms with Gasteiger partial charge in [0.1, 0.15) is 5.75 Å². The number of rotatable bonds is 3. The fourth-order valence-electron chi connectivity index (χ4n) is 2.66. The number of nitrogens with one attached hydrogen (secondary N) is 1. The number of amides is 1. The molecule has 5 heteroatoms. The van der Waals surface area contributed by atoms with Crippen molar-refractivity contribution in [3.05, 3.63) is 28.3 Å². The molecule has 0 bridgehead atoms. The maximum Gasteiger partial charge on any atom is 0.217 e. The van der Waals surface area contributed by atoms with Crippen molar-refractivity contribution in [1.82, 2.24) is 5.32 Å². The number of alkyl halides is 1. The average molecular weight is 310 g/mol. The van der Waals surface area contributed by atoms with Gasteiger partial charge in [-0.15, -0.1) is 11.6 Å². The van der Waals surface area contributed by atoms with Crippen molar-refractivity contribution in [2.75, 3.05) is 6.61 Å². The van der Waals surface area contributed by atoms with Crippen LogP contribution in [-0.2, 0) is 4.79 Å². The zero-order valence-electron chi connectivity index (χ0n) is 12.7. The number of halogens is 1. The highest BCUT2D eigenvalue weighted by molar-refractivity contribution is 6.34. The van der Waals surface area contributed by atoms with Crippen LogP contribution in [-0.4, -0.2) is 23.7 Å². The molecule has 114 valence electrons. The van der Waals surface area contributed by atoms with E-state index >= 15 is 0 Å². The Labute approximate surface area is 129 Å². The van der Waals surface area contributed by atoms with Gasteiger partial charge in [-0.1, -0.05) is 0 Å². The normalized spacial score (nSPS) is 18.4. The van der Waals surface area contributed by atoms with Crippen molar-refractivity contribution in [2.24, 2.45) is 0 Å². The van der Waals surface area contributed by atoms with Gasteiger partial charge in [-0.05, 0) is 38.0 Å². The number of carbonyl (C=O) groups excluding carboxylic acids is 2. The predicted molar refractivity (Wildman–Crippen MR) is 82.2 cm³/mol. The van der Waals surface area contributed by atoms with Gasteiger partial charge < -0.3 is 10.1 Å². The van der Waals surface area contributed by atoms with E-state index in [1.54, 1.807) is 6.92 Å². The maximum absolute atomic E-state index is 12.4. The SMILES string of the molecule is CC(=O)NC1CCOc2c1cc(C)c(C)c2C(=O)C(C)Cl. The number of carbonyl (C=O) groups is 2. The maximum atomic E-state index is 12.4. The fraction of sp³-hybridized carbons (Fsp3) is 0.500. The third-order valence-electron chi connectivity index (χ3n) is 3.84. The summed E-state index contributed by atoms with van der Waals surface area (Å²) < 4.78 is 5.74. The Balaban J connectivity index is 2.60. The first-order chi connectivity index (χ1) is 9.82. The highest BCUT2D eigenvalue weighted by Crippen LogP contribution is 2.39. The molecule has 1 aliphatic rings. The minimum atomic E-state index is -0.612. The lowest BCUT2D eigenvalue weighted by molar-refractivity contribution is -0.119. The summed E-state index contributed by atoms with van der Waals surface area (Å²) in [6.45, 7) is 7.46. The van der Waals surface area contributed by atoms with Gasteiger partial charge in [-0.25, -0.2) is 0 Å². The Morgan fingerprint density at radius 1 is 1.43 bits per heavy atom. The fourth-order valence-corrected chi connectivity index (χ4v) is 2.77. The lowest BCUT2D eigenvalue weighted by atomic mass is 9.89. The van der Waals surface area contributed by atoms with E-state index in [2.05, 4.69) is 5.32 Å². The van der Waals surface area contributed by atoms with Gasteiger partial charge in [0, 0.05) is 18.9 Å². The second-order valence-electron chi connectivity index (χ2n) is 5.48. The van der Waals surface area contributed by atoms with Crippen LogP contribution >= 0.6 is 11.6 Å². The molecule has 0 saturated carbocycles. The van der Waals surface area contributed by atoms with Crippen molar-refractivity contribution in [3.63, 3.8) is 0 Å². The standard InChI is InChI=1S/C16H20ClNO3/c1-8-7-12-13(18-11(4)19)5-6-21-16(12)14(9(8)2)15(20)10(3)17/h7,10,13H,5-6H2,1-4H3,(H,18,19). The van der Waals surface area contributed by atoms with Crippen LogP contribution in [0.2, 0.25) is 0 Å². The molecule has 0 spiro atoms. The largest absolute Gasteiger partial charge is 0.492 e. The minimum absolute atomic E-state index is 0.0929. The molecule has 4 nitrogen and oxygen atoms in total. The first-order valence-electron chi connectivity index (χ1n) is 7.05. The smallest absolute Gasteiger partial charge is 0.217 e. The van der Waals surface area contributed by atoms with Gasteiger partial charge in [0.2, 0.25) is 5.91 Å². The van der Waals surface area contributed by atoms with E-state index in [-0.39, 0.29) is 17.7 Å². The molecule has 0 aliphatic carbocycles. The van der Waals surface area contributed by atoms with Gasteiger partial charge in [0.15, 0.2) is 5.78 Å². The second-order valence-corrected chi connectivity index (χ2v) is 6.14. The Hall–Kier alpha value is -1.55. The lowest BCUT2D eigenvalue weighted by Crippen LogP contribution is -2.31. The topological polar surface area (TPSA) is 55.4 Å². The van der Waals surface area contributed by atoms with Crippen LogP contribution in [0.5, 0.6) is 5.75 Å². The van der Waals surface area contributed by atoms with Crippen LogP contribution in [0.25, 0.3) is 0 Å². The molecule has 1 N–H and O–H groups in total. The molecule has 0 aromatic heterocycles. The molecule has 0 saturated heterocycles. The number of Topliss-reactive ketones (excluding diaryl/α,β-unsaturated/α-hetero) is 1. The van der Waals surface area contributed by atoms with Gasteiger partial charge in [-0.3, -0.25) is 9.59 Å². The Kier molecular flexibility index (Phi) is 4.57. The summed E-state index contributed by atoms with van der Waals surface area (Å²) >= 11 is 5.98. The molecule has 1 heterocycles. The molecule has 2 rings (SSSR count). The number of benzene rings is 1. The van der Waals surface area contributed by atoms with Crippen LogP contribution < -0.4 is 10.1 Å². The Morgan fingerprint density at radius 2 is 2.10 bits per heavy atom. The van der Waals surface area contributed by atoms with E-state index in [1.807, 2.05) is 19.9 Å². The summed E-state index contributed by atoms with van der Waals surface area (Å²) in [6, 6.07) is 1.86. The molecular weight excluding hydrogens is 290 g/mol. The van der Waals surface area contributed by atoms with Gasteiger partial charge in [0.25, 0.3) is 0 Å². The zero-order valence-corrected chi connectivity index (χ0v) is 13.5. The number of ketones is 1. The second kappa shape index (κ2) is 6.06. The van der Waals surface area contributed by atoms with E-state index in [0.717, 1.165) is 16.7 Å². The summed E-state index contributed by atoms with van der Waals surface area (Å²) in [5.74, 6) is 0.336. The monoisotopic (exact) mass is 309 g/mol. The van der Waals surface area contributed by atoms with Crippen LogP contribution in [0.4, 0.5) is 0 Å². The quantitative estimate of drug-likeness (QED) is 0.689. The summed E-state index contributed by atoms with van der Waals surface area (Å²) in [5, 5.41) is 2.31. The van der Waals surface area contributed by atoms with Crippen LogP contribution in [0, 0.1) is 13.8 Å². The van der Waals surface area contributed by atoms with Crippen LogP contribution in [0.15, 0.2) is 6.07 Å².